The fourth-order valence-corrected chi connectivity index (χ4v) is 1.49. The molecule has 5 nitrogen and oxygen atoms in total. The third-order valence-corrected chi connectivity index (χ3v) is 2.43. The molecule has 2 amide bonds. The summed E-state index contributed by atoms with van der Waals surface area (Å²) in [7, 11) is 0. The number of carbonyl (C=O) groups is 1. The Hall–Kier alpha value is -2.30. The summed E-state index contributed by atoms with van der Waals surface area (Å²) in [5.74, 6) is 0.0620. The highest BCUT2D eigenvalue weighted by atomic mass is 16.2. The van der Waals surface area contributed by atoms with Gasteiger partial charge in [-0.15, -0.1) is 0 Å². The van der Waals surface area contributed by atoms with Gasteiger partial charge in [0, 0.05) is 11.9 Å². The third kappa shape index (κ3) is 5.25. The molecule has 0 unspecified atom stereocenters. The number of aryl methyl sites for hydroxylation is 2. The number of rotatable bonds is 3. The normalized spacial score (nSPS) is 11.6. The number of carbonyl (C=O) groups excluding carboxylic acids is 1. The second-order valence-electron chi connectivity index (χ2n) is 4.20. The maximum Gasteiger partial charge on any atom is 0.326 e. The van der Waals surface area contributed by atoms with Crippen molar-refractivity contribution in [3.05, 3.63) is 41.6 Å². The molecule has 0 heterocycles. The molecule has 0 fully saturated rings. The Morgan fingerprint density at radius 1 is 1.42 bits per heavy atom. The van der Waals surface area contributed by atoms with Crippen molar-refractivity contribution < 1.29 is 4.79 Å². The van der Waals surface area contributed by atoms with Gasteiger partial charge in [0.15, 0.2) is 0 Å². The number of hydrogen-bond acceptors (Lipinski definition) is 2. The van der Waals surface area contributed by atoms with Gasteiger partial charge in [0.25, 0.3) is 0 Å². The zero-order valence-electron chi connectivity index (χ0n) is 11.5. The smallest absolute Gasteiger partial charge is 0.326 e. The Labute approximate surface area is 113 Å². The first-order chi connectivity index (χ1) is 9.02. The van der Waals surface area contributed by atoms with Gasteiger partial charge in [-0.3, -0.25) is 5.32 Å². The van der Waals surface area contributed by atoms with E-state index >= 15 is 0 Å². The van der Waals surface area contributed by atoms with E-state index in [0.29, 0.717) is 0 Å². The van der Waals surface area contributed by atoms with Crippen molar-refractivity contribution in [2.45, 2.75) is 27.2 Å². The van der Waals surface area contributed by atoms with Gasteiger partial charge in [-0.25, -0.2) is 9.79 Å². The van der Waals surface area contributed by atoms with Gasteiger partial charge >= 0.3 is 6.03 Å². The largest absolute Gasteiger partial charge is 0.369 e. The van der Waals surface area contributed by atoms with E-state index in [9.17, 15) is 4.79 Å². The molecule has 0 atom stereocenters. The van der Waals surface area contributed by atoms with Crippen LogP contribution in [0.25, 0.3) is 0 Å². The zero-order chi connectivity index (χ0) is 14.3. The van der Waals surface area contributed by atoms with Crippen LogP contribution in [0.3, 0.4) is 0 Å². The van der Waals surface area contributed by atoms with Crippen LogP contribution in [-0.4, -0.2) is 12.0 Å². The lowest BCUT2D eigenvalue weighted by atomic mass is 10.1. The summed E-state index contributed by atoms with van der Waals surface area (Å²) >= 11 is 0. The van der Waals surface area contributed by atoms with Crippen LogP contribution in [0.5, 0.6) is 0 Å². The number of nitrogens with one attached hydrogen (secondary N) is 2. The van der Waals surface area contributed by atoms with Crippen molar-refractivity contribution in [2.24, 2.45) is 10.7 Å². The molecular weight excluding hydrogens is 240 g/mol. The van der Waals surface area contributed by atoms with Crippen LogP contribution in [0.1, 0.15) is 24.5 Å². The van der Waals surface area contributed by atoms with E-state index in [-0.39, 0.29) is 5.96 Å². The Morgan fingerprint density at radius 3 is 2.79 bits per heavy atom. The molecular formula is C14H20N4O. The standard InChI is InChI=1S/C14H20N4O/c1-4-5-8-16-13(15)18-14(19)17-12-7-6-10(2)9-11(12)3/h5-9H,4H2,1-3H3,(H4,15,16,17,18,19)/b8-5+. The number of nitrogens with two attached hydrogens (primary N) is 1. The summed E-state index contributed by atoms with van der Waals surface area (Å²) in [6.45, 7) is 5.92. The van der Waals surface area contributed by atoms with Crippen LogP contribution in [0, 0.1) is 13.8 Å². The highest BCUT2D eigenvalue weighted by molar-refractivity contribution is 6.02. The van der Waals surface area contributed by atoms with Crippen molar-refractivity contribution in [2.75, 3.05) is 5.32 Å². The second kappa shape index (κ2) is 7.20. The number of allylic oxidation sites excluding steroid dienone is 1. The molecule has 0 aliphatic heterocycles. The van der Waals surface area contributed by atoms with E-state index in [1.54, 1.807) is 6.20 Å². The molecule has 0 aliphatic carbocycles. The summed E-state index contributed by atoms with van der Waals surface area (Å²) in [4.78, 5) is 15.6. The average molecular weight is 260 g/mol. The first-order valence-electron chi connectivity index (χ1n) is 6.16. The van der Waals surface area contributed by atoms with Crippen molar-refractivity contribution in [1.29, 1.82) is 0 Å². The summed E-state index contributed by atoms with van der Waals surface area (Å²) < 4.78 is 0. The van der Waals surface area contributed by atoms with Crippen LogP contribution in [-0.2, 0) is 0 Å². The molecule has 0 saturated heterocycles. The number of amides is 2. The van der Waals surface area contributed by atoms with Crippen molar-refractivity contribution >= 4 is 17.7 Å². The minimum absolute atomic E-state index is 0.0620. The highest BCUT2D eigenvalue weighted by Gasteiger charge is 2.05. The van der Waals surface area contributed by atoms with Crippen LogP contribution in [0.15, 0.2) is 35.5 Å². The van der Waals surface area contributed by atoms with Gasteiger partial charge < -0.3 is 11.1 Å². The third-order valence-electron chi connectivity index (χ3n) is 2.43. The van der Waals surface area contributed by atoms with Crippen LogP contribution in [0.2, 0.25) is 0 Å². The highest BCUT2D eigenvalue weighted by Crippen LogP contribution is 2.15. The van der Waals surface area contributed by atoms with Crippen LogP contribution < -0.4 is 16.4 Å². The van der Waals surface area contributed by atoms with Crippen LogP contribution in [0.4, 0.5) is 10.5 Å². The lowest BCUT2D eigenvalue weighted by Crippen LogP contribution is -2.39. The second-order valence-corrected chi connectivity index (χ2v) is 4.20. The minimum atomic E-state index is -0.405. The molecule has 1 aromatic carbocycles. The van der Waals surface area contributed by atoms with Crippen molar-refractivity contribution in [3.8, 4) is 0 Å². The molecule has 0 spiro atoms. The Balaban J connectivity index is 2.60. The van der Waals surface area contributed by atoms with Crippen molar-refractivity contribution in [3.63, 3.8) is 0 Å². The molecule has 0 bridgehead atoms. The molecule has 5 heteroatoms. The summed E-state index contributed by atoms with van der Waals surface area (Å²) in [6.07, 6.45) is 4.27. The van der Waals surface area contributed by atoms with Gasteiger partial charge in [0.1, 0.15) is 0 Å². The first kappa shape index (κ1) is 14.8. The number of aliphatic imine (C=N–C) groups is 1. The molecule has 0 radical (unpaired) electrons. The van der Waals surface area contributed by atoms with E-state index < -0.39 is 6.03 Å². The molecule has 102 valence electrons. The van der Waals surface area contributed by atoms with Gasteiger partial charge in [-0.1, -0.05) is 30.7 Å². The quantitative estimate of drug-likeness (QED) is 0.577. The predicted octanol–water partition coefficient (Wildman–Crippen LogP) is 2.66. The topological polar surface area (TPSA) is 79.5 Å². The number of anilines is 1. The summed E-state index contributed by atoms with van der Waals surface area (Å²) in [6, 6.07) is 5.38. The number of urea groups is 1. The van der Waals surface area contributed by atoms with Crippen LogP contribution >= 0.6 is 0 Å². The van der Waals surface area contributed by atoms with E-state index in [1.807, 2.05) is 45.0 Å². The first-order valence-corrected chi connectivity index (χ1v) is 6.16. The molecule has 1 rings (SSSR count). The number of nitrogens with zero attached hydrogens (tertiary/aromatic N) is 1. The average Bonchev–Trinajstić information content (AvgIpc) is 2.33. The Kier molecular flexibility index (Phi) is 5.60. The fraction of sp³-hybridized carbons (Fsp3) is 0.286. The van der Waals surface area contributed by atoms with Gasteiger partial charge in [0.05, 0.1) is 0 Å². The summed E-state index contributed by atoms with van der Waals surface area (Å²) in [5, 5.41) is 5.18. The predicted molar refractivity (Wildman–Crippen MR) is 79.1 cm³/mol. The Bertz CT molecular complexity index is 506. The van der Waals surface area contributed by atoms with Crippen molar-refractivity contribution in [1.82, 2.24) is 5.32 Å². The maximum atomic E-state index is 11.7. The van der Waals surface area contributed by atoms with E-state index in [2.05, 4.69) is 15.6 Å². The molecule has 19 heavy (non-hydrogen) atoms. The zero-order valence-corrected chi connectivity index (χ0v) is 11.5. The number of guanidine groups is 1. The van der Waals surface area contributed by atoms with Gasteiger partial charge in [-0.05, 0) is 31.9 Å². The van der Waals surface area contributed by atoms with E-state index in [4.69, 9.17) is 5.73 Å². The molecule has 0 aliphatic rings. The monoisotopic (exact) mass is 260 g/mol. The number of hydrogen-bond donors (Lipinski definition) is 3. The van der Waals surface area contributed by atoms with E-state index in [0.717, 1.165) is 23.2 Å². The molecule has 0 aromatic heterocycles. The molecule has 1 aromatic rings. The van der Waals surface area contributed by atoms with E-state index in [1.165, 1.54) is 0 Å². The Morgan fingerprint density at radius 2 is 2.16 bits per heavy atom. The minimum Gasteiger partial charge on any atom is -0.369 e. The maximum absolute atomic E-state index is 11.7. The van der Waals surface area contributed by atoms with Gasteiger partial charge in [-0.2, -0.15) is 0 Å². The SMILES string of the molecule is CC/C=C/N=C(N)NC(=O)Nc1ccc(C)cc1C. The lowest BCUT2D eigenvalue weighted by molar-refractivity contribution is 0.256. The fourth-order valence-electron chi connectivity index (χ4n) is 1.49. The molecule has 4 N–H and O–H groups in total. The lowest BCUT2D eigenvalue weighted by Gasteiger charge is -2.09. The van der Waals surface area contributed by atoms with Gasteiger partial charge in [0.2, 0.25) is 5.96 Å². The molecule has 0 saturated carbocycles. The number of benzene rings is 1. The summed E-state index contributed by atoms with van der Waals surface area (Å²) in [5.41, 5.74) is 8.45.